The maximum atomic E-state index is 5.94. The number of aryl methyl sites for hydroxylation is 1. The number of alkyl halides is 1. The Bertz CT molecular complexity index is 534. The molecule has 0 heterocycles. The van der Waals surface area contributed by atoms with Crippen molar-refractivity contribution in [2.24, 2.45) is 0 Å². The third-order valence-electron chi connectivity index (χ3n) is 3.41. The van der Waals surface area contributed by atoms with E-state index < -0.39 is 0 Å². The zero-order chi connectivity index (χ0) is 14.9. The third-order valence-corrected chi connectivity index (χ3v) is 4.73. The van der Waals surface area contributed by atoms with Gasteiger partial charge in [0, 0.05) is 36.2 Å². The zero-order valence-electron chi connectivity index (χ0n) is 12.9. The first-order valence-corrected chi connectivity index (χ1v) is 8.82. The summed E-state index contributed by atoms with van der Waals surface area (Å²) in [6, 6.07) is 19.2. The van der Waals surface area contributed by atoms with E-state index in [0.29, 0.717) is 5.88 Å². The Balaban J connectivity index is 0.00000242. The topological polar surface area (TPSA) is 3.24 Å². The number of nitrogens with zero attached hydrogens (tertiary/aromatic N) is 1. The van der Waals surface area contributed by atoms with Crippen molar-refractivity contribution in [3.8, 4) is 0 Å². The number of halogens is 2. The molecule has 0 unspecified atom stereocenters. The van der Waals surface area contributed by atoms with E-state index in [1.807, 2.05) is 11.8 Å². The molecule has 2 aromatic rings. The Morgan fingerprint density at radius 1 is 0.955 bits per heavy atom. The third kappa shape index (κ3) is 6.62. The summed E-state index contributed by atoms with van der Waals surface area (Å²) in [4.78, 5) is 3.80. The van der Waals surface area contributed by atoms with Gasteiger partial charge in [-0.05, 0) is 24.1 Å². The molecule has 0 N–H and O–H groups in total. The molecule has 0 aliphatic rings. The van der Waals surface area contributed by atoms with Gasteiger partial charge in [-0.15, -0.1) is 35.8 Å². The minimum absolute atomic E-state index is 0. The number of thioether (sulfide) groups is 1. The molecule has 0 aliphatic carbocycles. The van der Waals surface area contributed by atoms with E-state index in [2.05, 4.69) is 66.4 Å². The van der Waals surface area contributed by atoms with Gasteiger partial charge in [-0.25, -0.2) is 0 Å². The van der Waals surface area contributed by atoms with E-state index in [-0.39, 0.29) is 12.4 Å². The molecule has 1 nitrogen and oxygen atoms in total. The summed E-state index contributed by atoms with van der Waals surface area (Å²) in [6.07, 6.45) is 0. The lowest BCUT2D eigenvalue weighted by atomic mass is 10.2. The first-order chi connectivity index (χ1) is 10.3. The number of rotatable bonds is 8. The lowest BCUT2D eigenvalue weighted by Gasteiger charge is -2.21. The number of benzene rings is 2. The summed E-state index contributed by atoms with van der Waals surface area (Å²) < 4.78 is 0. The summed E-state index contributed by atoms with van der Waals surface area (Å²) in [5.41, 5.74) is 2.71. The highest BCUT2D eigenvalue weighted by atomic mass is 35.5. The second-order valence-electron chi connectivity index (χ2n) is 5.06. The molecule has 0 saturated heterocycles. The summed E-state index contributed by atoms with van der Waals surface area (Å²) in [6.45, 7) is 5.14. The molecular weight excluding hydrogens is 333 g/mol. The van der Waals surface area contributed by atoms with E-state index in [1.165, 1.54) is 16.0 Å². The minimum Gasteiger partial charge on any atom is -0.297 e. The van der Waals surface area contributed by atoms with Crippen LogP contribution in [-0.4, -0.2) is 29.6 Å². The molecule has 120 valence electrons. The van der Waals surface area contributed by atoms with E-state index in [0.717, 1.165) is 25.4 Å². The van der Waals surface area contributed by atoms with Crippen LogP contribution >= 0.6 is 35.8 Å². The van der Waals surface area contributed by atoms with Gasteiger partial charge in [0.05, 0.1) is 0 Å². The van der Waals surface area contributed by atoms with Gasteiger partial charge < -0.3 is 0 Å². The predicted molar refractivity (Wildman–Crippen MR) is 102 cm³/mol. The molecule has 0 bridgehead atoms. The maximum Gasteiger partial charge on any atom is 0.0351 e. The van der Waals surface area contributed by atoms with E-state index in [4.69, 9.17) is 11.6 Å². The highest BCUT2D eigenvalue weighted by Crippen LogP contribution is 2.21. The SMILES string of the molecule is Cc1ccccc1SCCN(CCCl)Cc1ccccc1.Cl. The van der Waals surface area contributed by atoms with Crippen molar-refractivity contribution in [3.05, 3.63) is 65.7 Å². The van der Waals surface area contributed by atoms with Crippen LogP contribution in [0.3, 0.4) is 0 Å². The summed E-state index contributed by atoms with van der Waals surface area (Å²) in [5.74, 6) is 1.77. The first-order valence-electron chi connectivity index (χ1n) is 7.30. The smallest absolute Gasteiger partial charge is 0.0351 e. The van der Waals surface area contributed by atoms with Crippen LogP contribution in [0.1, 0.15) is 11.1 Å². The van der Waals surface area contributed by atoms with Crippen molar-refractivity contribution in [3.63, 3.8) is 0 Å². The molecule has 2 rings (SSSR count). The highest BCUT2D eigenvalue weighted by Gasteiger charge is 2.06. The average Bonchev–Trinajstić information content (AvgIpc) is 2.50. The molecule has 2 aromatic carbocycles. The zero-order valence-corrected chi connectivity index (χ0v) is 15.3. The van der Waals surface area contributed by atoms with Gasteiger partial charge >= 0.3 is 0 Å². The summed E-state index contributed by atoms with van der Waals surface area (Å²) >= 11 is 7.86. The Labute approximate surface area is 149 Å². The second-order valence-corrected chi connectivity index (χ2v) is 6.58. The summed E-state index contributed by atoms with van der Waals surface area (Å²) in [7, 11) is 0. The van der Waals surface area contributed by atoms with Crippen LogP contribution in [0.4, 0.5) is 0 Å². The Kier molecular flexibility index (Phi) is 9.65. The Morgan fingerprint density at radius 3 is 2.32 bits per heavy atom. The Morgan fingerprint density at radius 2 is 1.64 bits per heavy atom. The van der Waals surface area contributed by atoms with E-state index >= 15 is 0 Å². The first kappa shape index (κ1) is 19.4. The monoisotopic (exact) mass is 355 g/mol. The fourth-order valence-corrected chi connectivity index (χ4v) is 3.51. The van der Waals surface area contributed by atoms with Crippen molar-refractivity contribution in [1.29, 1.82) is 0 Å². The van der Waals surface area contributed by atoms with Crippen LogP contribution in [0.15, 0.2) is 59.5 Å². The lowest BCUT2D eigenvalue weighted by Crippen LogP contribution is -2.27. The summed E-state index contributed by atoms with van der Waals surface area (Å²) in [5, 5.41) is 0. The molecule has 4 heteroatoms. The molecule has 0 aromatic heterocycles. The van der Waals surface area contributed by atoms with Gasteiger partial charge in [-0.2, -0.15) is 0 Å². The fraction of sp³-hybridized carbons (Fsp3) is 0.333. The Hall–Kier alpha value is -0.670. The van der Waals surface area contributed by atoms with Gasteiger partial charge in [0.15, 0.2) is 0 Å². The van der Waals surface area contributed by atoms with Crippen molar-refractivity contribution in [1.82, 2.24) is 4.90 Å². The molecule has 0 atom stereocenters. The molecule has 0 aliphatic heterocycles. The van der Waals surface area contributed by atoms with Gasteiger partial charge in [0.25, 0.3) is 0 Å². The molecule has 0 saturated carbocycles. The molecule has 22 heavy (non-hydrogen) atoms. The van der Waals surface area contributed by atoms with Gasteiger partial charge in [0.2, 0.25) is 0 Å². The van der Waals surface area contributed by atoms with Gasteiger partial charge in [0.1, 0.15) is 0 Å². The van der Waals surface area contributed by atoms with Gasteiger partial charge in [-0.1, -0.05) is 48.5 Å². The van der Waals surface area contributed by atoms with Crippen LogP contribution in [0.25, 0.3) is 0 Å². The quantitative estimate of drug-likeness (QED) is 0.469. The van der Waals surface area contributed by atoms with E-state index in [1.54, 1.807) is 0 Å². The van der Waals surface area contributed by atoms with E-state index in [9.17, 15) is 0 Å². The number of hydrogen-bond acceptors (Lipinski definition) is 2. The fourth-order valence-electron chi connectivity index (χ4n) is 2.23. The normalized spacial score (nSPS) is 10.5. The van der Waals surface area contributed by atoms with Crippen molar-refractivity contribution in [2.75, 3.05) is 24.7 Å². The van der Waals surface area contributed by atoms with Crippen LogP contribution in [0.2, 0.25) is 0 Å². The standard InChI is InChI=1S/C18H22ClNS.ClH/c1-16-7-5-6-10-18(16)21-14-13-20(12-11-19)15-17-8-3-2-4-9-17;/h2-10H,11-15H2,1H3;1H. The van der Waals surface area contributed by atoms with Crippen molar-refractivity contribution in [2.45, 2.75) is 18.4 Å². The molecular formula is C18H23Cl2NS. The van der Waals surface area contributed by atoms with Gasteiger partial charge in [-0.3, -0.25) is 4.90 Å². The molecule has 0 amide bonds. The van der Waals surface area contributed by atoms with Crippen molar-refractivity contribution >= 4 is 35.8 Å². The van der Waals surface area contributed by atoms with Crippen LogP contribution in [-0.2, 0) is 6.54 Å². The molecule has 0 fully saturated rings. The number of hydrogen-bond donors (Lipinski definition) is 0. The average molecular weight is 356 g/mol. The maximum absolute atomic E-state index is 5.94. The second kappa shape index (κ2) is 11.0. The molecule has 0 radical (unpaired) electrons. The highest BCUT2D eigenvalue weighted by molar-refractivity contribution is 7.99. The lowest BCUT2D eigenvalue weighted by molar-refractivity contribution is 0.300. The molecule has 0 spiro atoms. The van der Waals surface area contributed by atoms with Crippen LogP contribution in [0, 0.1) is 6.92 Å². The van der Waals surface area contributed by atoms with Crippen LogP contribution < -0.4 is 0 Å². The minimum atomic E-state index is 0. The predicted octanol–water partition coefficient (Wildman–Crippen LogP) is 5.25. The largest absolute Gasteiger partial charge is 0.297 e. The van der Waals surface area contributed by atoms with Crippen molar-refractivity contribution < 1.29 is 0 Å². The van der Waals surface area contributed by atoms with Crippen LogP contribution in [0.5, 0.6) is 0 Å².